The summed E-state index contributed by atoms with van der Waals surface area (Å²) in [5.41, 5.74) is 9.97. The van der Waals surface area contributed by atoms with Crippen LogP contribution in [0.15, 0.2) is 36.5 Å². The summed E-state index contributed by atoms with van der Waals surface area (Å²) in [6, 6.07) is 10.3. The van der Waals surface area contributed by atoms with Crippen molar-refractivity contribution in [1.82, 2.24) is 4.98 Å². The van der Waals surface area contributed by atoms with Gasteiger partial charge in [-0.3, -0.25) is 0 Å². The summed E-state index contributed by atoms with van der Waals surface area (Å²) < 4.78 is 0. The fourth-order valence-electron chi connectivity index (χ4n) is 1.90. The first kappa shape index (κ1) is 12.4. The highest BCUT2D eigenvalue weighted by Gasteiger charge is 2.03. The first-order chi connectivity index (χ1) is 8.70. The number of para-hydroxylation sites is 1. The minimum absolute atomic E-state index is 0.724. The van der Waals surface area contributed by atoms with Crippen LogP contribution in [0.2, 0.25) is 0 Å². The maximum atomic E-state index is 5.77. The lowest BCUT2D eigenvalue weighted by Crippen LogP contribution is -1.99. The molecular weight excluding hydrogens is 222 g/mol. The van der Waals surface area contributed by atoms with Gasteiger partial charge in [-0.05, 0) is 36.6 Å². The van der Waals surface area contributed by atoms with Gasteiger partial charge in [0.05, 0.1) is 11.9 Å². The Morgan fingerprint density at radius 1 is 1.28 bits per heavy atom. The topological polar surface area (TPSA) is 50.9 Å². The van der Waals surface area contributed by atoms with Crippen molar-refractivity contribution in [2.24, 2.45) is 0 Å². The van der Waals surface area contributed by atoms with Crippen LogP contribution in [-0.2, 0) is 6.42 Å². The van der Waals surface area contributed by atoms with Crippen LogP contribution in [0.25, 0.3) is 0 Å². The average molecular weight is 241 g/mol. The van der Waals surface area contributed by atoms with E-state index in [1.165, 1.54) is 5.56 Å². The molecule has 0 saturated heterocycles. The number of benzene rings is 1. The molecule has 0 unspecified atom stereocenters. The van der Waals surface area contributed by atoms with E-state index in [9.17, 15) is 0 Å². The van der Waals surface area contributed by atoms with E-state index < -0.39 is 0 Å². The van der Waals surface area contributed by atoms with Gasteiger partial charge >= 0.3 is 0 Å². The molecule has 0 radical (unpaired) electrons. The van der Waals surface area contributed by atoms with Gasteiger partial charge in [0.25, 0.3) is 0 Å². The molecule has 0 fully saturated rings. The molecule has 2 aromatic rings. The fourth-order valence-corrected chi connectivity index (χ4v) is 1.90. The highest BCUT2D eigenvalue weighted by Crippen LogP contribution is 2.22. The van der Waals surface area contributed by atoms with Crippen molar-refractivity contribution in [3.63, 3.8) is 0 Å². The van der Waals surface area contributed by atoms with Crippen LogP contribution in [0.3, 0.4) is 0 Å². The number of nitrogens with two attached hydrogens (primary N) is 1. The van der Waals surface area contributed by atoms with Gasteiger partial charge in [-0.25, -0.2) is 4.98 Å². The summed E-state index contributed by atoms with van der Waals surface area (Å²) in [4.78, 5) is 4.30. The zero-order valence-electron chi connectivity index (χ0n) is 10.9. The van der Waals surface area contributed by atoms with E-state index >= 15 is 0 Å². The van der Waals surface area contributed by atoms with Gasteiger partial charge in [-0.15, -0.1) is 0 Å². The number of nitrogen functional groups attached to an aromatic ring is 1. The molecule has 1 heterocycles. The van der Waals surface area contributed by atoms with Gasteiger partial charge in [-0.2, -0.15) is 0 Å². The van der Waals surface area contributed by atoms with Crippen molar-refractivity contribution in [2.75, 3.05) is 11.1 Å². The molecule has 0 spiro atoms. The highest BCUT2D eigenvalue weighted by molar-refractivity contribution is 5.62. The van der Waals surface area contributed by atoms with E-state index in [2.05, 4.69) is 35.4 Å². The van der Waals surface area contributed by atoms with Crippen LogP contribution in [0, 0.1) is 6.92 Å². The molecule has 0 amide bonds. The maximum Gasteiger partial charge on any atom is 0.130 e. The van der Waals surface area contributed by atoms with Crippen LogP contribution >= 0.6 is 0 Å². The highest BCUT2D eigenvalue weighted by atomic mass is 15.0. The third-order valence-electron chi connectivity index (χ3n) is 2.95. The second-order valence-electron chi connectivity index (χ2n) is 4.46. The van der Waals surface area contributed by atoms with E-state index in [4.69, 9.17) is 5.73 Å². The molecule has 18 heavy (non-hydrogen) atoms. The number of hydrogen-bond acceptors (Lipinski definition) is 3. The number of hydrogen-bond donors (Lipinski definition) is 2. The van der Waals surface area contributed by atoms with E-state index in [-0.39, 0.29) is 0 Å². The van der Waals surface area contributed by atoms with Gasteiger partial charge < -0.3 is 11.1 Å². The van der Waals surface area contributed by atoms with Crippen LogP contribution < -0.4 is 11.1 Å². The minimum Gasteiger partial charge on any atom is -0.397 e. The van der Waals surface area contributed by atoms with Crippen molar-refractivity contribution in [3.05, 3.63) is 47.7 Å². The molecular formula is C15H19N3. The molecule has 2 rings (SSSR count). The van der Waals surface area contributed by atoms with Crippen molar-refractivity contribution < 1.29 is 0 Å². The Kier molecular flexibility index (Phi) is 3.82. The van der Waals surface area contributed by atoms with Crippen molar-refractivity contribution in [2.45, 2.75) is 26.7 Å². The molecule has 94 valence electrons. The lowest BCUT2D eigenvalue weighted by molar-refractivity contribution is 0.923. The Bertz CT molecular complexity index is 535. The van der Waals surface area contributed by atoms with Crippen molar-refractivity contribution in [3.8, 4) is 0 Å². The summed E-state index contributed by atoms with van der Waals surface area (Å²) in [5, 5.41) is 3.36. The number of aryl methyl sites for hydroxylation is 2. The molecule has 3 N–H and O–H groups in total. The predicted octanol–water partition coefficient (Wildman–Crippen LogP) is 3.67. The first-order valence-corrected chi connectivity index (χ1v) is 6.27. The van der Waals surface area contributed by atoms with E-state index in [1.54, 1.807) is 6.20 Å². The van der Waals surface area contributed by atoms with E-state index in [0.29, 0.717) is 0 Å². The van der Waals surface area contributed by atoms with Gasteiger partial charge in [0.15, 0.2) is 0 Å². The van der Waals surface area contributed by atoms with Crippen LogP contribution in [0.1, 0.15) is 24.5 Å². The lowest BCUT2D eigenvalue weighted by Gasteiger charge is -2.11. The van der Waals surface area contributed by atoms with Crippen molar-refractivity contribution >= 4 is 17.2 Å². The standard InChI is InChI=1S/C15H19N3/c1-3-6-12-7-4-5-8-14(12)18-15-9-11(2)13(16)10-17-15/h4-5,7-10H,3,6,16H2,1-2H3,(H,17,18). The van der Waals surface area contributed by atoms with E-state index in [0.717, 1.165) is 35.6 Å². The van der Waals surface area contributed by atoms with Gasteiger partial charge in [0.1, 0.15) is 5.82 Å². The second-order valence-corrected chi connectivity index (χ2v) is 4.46. The molecule has 0 atom stereocenters. The van der Waals surface area contributed by atoms with Crippen molar-refractivity contribution in [1.29, 1.82) is 0 Å². The van der Waals surface area contributed by atoms with E-state index in [1.807, 2.05) is 19.1 Å². The number of nitrogens with zero attached hydrogens (tertiary/aromatic N) is 1. The van der Waals surface area contributed by atoms with Gasteiger partial charge in [-0.1, -0.05) is 31.5 Å². The molecule has 0 aliphatic rings. The van der Waals surface area contributed by atoms with Crippen LogP contribution in [0.4, 0.5) is 17.2 Å². The summed E-state index contributed by atoms with van der Waals surface area (Å²) in [7, 11) is 0. The molecule has 0 aliphatic heterocycles. The second kappa shape index (κ2) is 5.54. The zero-order valence-corrected chi connectivity index (χ0v) is 10.9. The van der Waals surface area contributed by atoms with Crippen LogP contribution in [0.5, 0.6) is 0 Å². The molecule has 0 bridgehead atoms. The summed E-state index contributed by atoms with van der Waals surface area (Å²) >= 11 is 0. The largest absolute Gasteiger partial charge is 0.397 e. The smallest absolute Gasteiger partial charge is 0.130 e. The maximum absolute atomic E-state index is 5.77. The molecule has 1 aromatic heterocycles. The summed E-state index contributed by atoms with van der Waals surface area (Å²) in [6.07, 6.45) is 3.89. The number of pyridine rings is 1. The fraction of sp³-hybridized carbons (Fsp3) is 0.267. The molecule has 0 aliphatic carbocycles. The molecule has 3 nitrogen and oxygen atoms in total. The van der Waals surface area contributed by atoms with Gasteiger partial charge in [0.2, 0.25) is 0 Å². The quantitative estimate of drug-likeness (QED) is 0.858. The number of anilines is 3. The predicted molar refractivity (Wildman–Crippen MR) is 77.1 cm³/mol. The number of rotatable bonds is 4. The van der Waals surface area contributed by atoms with Gasteiger partial charge in [0, 0.05) is 5.69 Å². The number of aromatic nitrogens is 1. The molecule has 0 saturated carbocycles. The normalized spacial score (nSPS) is 10.3. The SMILES string of the molecule is CCCc1ccccc1Nc1cc(C)c(N)cn1. The number of nitrogens with one attached hydrogen (secondary N) is 1. The average Bonchev–Trinajstić information content (AvgIpc) is 2.37. The Balaban J connectivity index is 2.25. The first-order valence-electron chi connectivity index (χ1n) is 6.27. The third-order valence-corrected chi connectivity index (χ3v) is 2.95. The Labute approximate surface area is 108 Å². The zero-order chi connectivity index (χ0) is 13.0. The third kappa shape index (κ3) is 2.80. The Morgan fingerprint density at radius 3 is 2.78 bits per heavy atom. The lowest BCUT2D eigenvalue weighted by atomic mass is 10.1. The molecule has 3 heteroatoms. The monoisotopic (exact) mass is 241 g/mol. The minimum atomic E-state index is 0.724. The summed E-state index contributed by atoms with van der Waals surface area (Å²) in [5.74, 6) is 0.838. The Hall–Kier alpha value is -2.03. The molecule has 1 aromatic carbocycles. The van der Waals surface area contributed by atoms with Crippen LogP contribution in [-0.4, -0.2) is 4.98 Å². The summed E-state index contributed by atoms with van der Waals surface area (Å²) in [6.45, 7) is 4.17. The Morgan fingerprint density at radius 2 is 2.06 bits per heavy atom.